The summed E-state index contributed by atoms with van der Waals surface area (Å²) in [5.74, 6) is 0.430. The highest BCUT2D eigenvalue weighted by Gasteiger charge is 2.15. The molecule has 4 N–H and O–H groups in total. The highest BCUT2D eigenvalue weighted by molar-refractivity contribution is 8.00. The molecule has 1 aliphatic rings. The Balaban J connectivity index is 1.69. The summed E-state index contributed by atoms with van der Waals surface area (Å²) in [6.07, 6.45) is 0. The van der Waals surface area contributed by atoms with Crippen LogP contribution in [0.2, 0.25) is 5.02 Å². The molecule has 1 aromatic rings. The smallest absolute Gasteiger partial charge is 0.230 e. The molecule has 1 aliphatic heterocycles. The predicted molar refractivity (Wildman–Crippen MR) is 73.8 cm³/mol. The van der Waals surface area contributed by atoms with Crippen LogP contribution in [0.4, 0.5) is 0 Å². The van der Waals surface area contributed by atoms with E-state index in [9.17, 15) is 4.79 Å². The number of thioether (sulfide) groups is 1. The Bertz CT molecular complexity index is 412. The monoisotopic (exact) mass is 286 g/mol. The van der Waals surface area contributed by atoms with Crippen LogP contribution in [0.25, 0.3) is 0 Å². The van der Waals surface area contributed by atoms with Crippen LogP contribution < -0.4 is 21.7 Å². The van der Waals surface area contributed by atoms with Crippen molar-refractivity contribution in [1.29, 1.82) is 0 Å². The number of nitrogens with one attached hydrogen (secondary N) is 4. The summed E-state index contributed by atoms with van der Waals surface area (Å²) in [6.45, 7) is 1.26. The summed E-state index contributed by atoms with van der Waals surface area (Å²) >= 11 is 7.56. The van der Waals surface area contributed by atoms with Crippen molar-refractivity contribution in [3.63, 3.8) is 0 Å². The summed E-state index contributed by atoms with van der Waals surface area (Å²) in [5.41, 5.74) is 9.65. The van der Waals surface area contributed by atoms with Crippen LogP contribution in [0.3, 0.4) is 0 Å². The minimum Gasteiger partial charge on any atom is -0.351 e. The molecule has 1 fully saturated rings. The lowest BCUT2D eigenvalue weighted by Gasteiger charge is -2.09. The Morgan fingerprint density at radius 1 is 1.50 bits per heavy atom. The van der Waals surface area contributed by atoms with E-state index in [1.807, 2.05) is 24.3 Å². The maximum Gasteiger partial charge on any atom is 0.230 e. The Kier molecular flexibility index (Phi) is 5.27. The molecule has 18 heavy (non-hydrogen) atoms. The van der Waals surface area contributed by atoms with Crippen molar-refractivity contribution in [1.82, 2.24) is 21.7 Å². The average Bonchev–Trinajstić information content (AvgIpc) is 2.88. The zero-order chi connectivity index (χ0) is 12.8. The fourth-order valence-electron chi connectivity index (χ4n) is 1.49. The quantitative estimate of drug-likeness (QED) is 0.639. The summed E-state index contributed by atoms with van der Waals surface area (Å²) in [4.78, 5) is 11.6. The van der Waals surface area contributed by atoms with Gasteiger partial charge in [0.2, 0.25) is 5.91 Å². The maximum absolute atomic E-state index is 11.6. The molecule has 7 heteroatoms. The number of hydrogen-bond acceptors (Lipinski definition) is 5. The molecule has 98 valence electrons. The third-order valence-corrected chi connectivity index (χ3v) is 3.94. The standard InChI is InChI=1S/C11H15ClN4OS/c12-9-4-2-1-3-8(9)5-13-10(17)7-18-11-6-14-16-15-11/h1-4,11,14-16H,5-7H2,(H,13,17). The van der Waals surface area contributed by atoms with Gasteiger partial charge in [-0.1, -0.05) is 29.8 Å². The largest absolute Gasteiger partial charge is 0.351 e. The van der Waals surface area contributed by atoms with Crippen LogP contribution in [0.1, 0.15) is 5.56 Å². The van der Waals surface area contributed by atoms with Crippen LogP contribution >= 0.6 is 23.4 Å². The first-order chi connectivity index (χ1) is 8.75. The second kappa shape index (κ2) is 6.96. The van der Waals surface area contributed by atoms with Crippen molar-refractivity contribution in [2.75, 3.05) is 12.3 Å². The number of rotatable bonds is 5. The van der Waals surface area contributed by atoms with Gasteiger partial charge in [0.25, 0.3) is 0 Å². The highest BCUT2D eigenvalue weighted by atomic mass is 35.5. The SMILES string of the molecule is O=C(CSC1CNNN1)NCc1ccccc1Cl. The molecule has 0 aromatic heterocycles. The molecule has 1 heterocycles. The lowest BCUT2D eigenvalue weighted by atomic mass is 10.2. The highest BCUT2D eigenvalue weighted by Crippen LogP contribution is 2.14. The third kappa shape index (κ3) is 4.15. The lowest BCUT2D eigenvalue weighted by molar-refractivity contribution is -0.118. The van der Waals surface area contributed by atoms with Gasteiger partial charge in [-0.3, -0.25) is 4.79 Å². The zero-order valence-corrected chi connectivity index (χ0v) is 11.3. The van der Waals surface area contributed by atoms with Crippen molar-refractivity contribution in [2.45, 2.75) is 11.9 Å². The zero-order valence-electron chi connectivity index (χ0n) is 9.70. The van der Waals surface area contributed by atoms with Crippen LogP contribution in [0, 0.1) is 0 Å². The van der Waals surface area contributed by atoms with E-state index in [1.54, 1.807) is 11.8 Å². The molecular formula is C11H15ClN4OS. The van der Waals surface area contributed by atoms with Crippen LogP contribution in [0.5, 0.6) is 0 Å². The van der Waals surface area contributed by atoms with Gasteiger partial charge in [0, 0.05) is 18.1 Å². The summed E-state index contributed by atoms with van der Waals surface area (Å²) in [7, 11) is 0. The Hall–Kier alpha value is -0.790. The maximum atomic E-state index is 11.6. The number of hydrogen-bond donors (Lipinski definition) is 4. The number of halogens is 1. The van der Waals surface area contributed by atoms with Gasteiger partial charge in [-0.05, 0) is 11.6 Å². The molecule has 0 bridgehead atoms. The molecule has 1 unspecified atom stereocenters. The van der Waals surface area contributed by atoms with Crippen LogP contribution in [-0.4, -0.2) is 23.6 Å². The molecule has 0 aliphatic carbocycles. The number of hydrazine groups is 2. The first-order valence-corrected chi connectivity index (χ1v) is 7.03. The Morgan fingerprint density at radius 2 is 2.33 bits per heavy atom. The van der Waals surface area contributed by atoms with Crippen molar-refractivity contribution in [3.8, 4) is 0 Å². The molecule has 0 saturated carbocycles. The molecule has 1 saturated heterocycles. The topological polar surface area (TPSA) is 65.2 Å². The fraction of sp³-hybridized carbons (Fsp3) is 0.364. The summed E-state index contributed by atoms with van der Waals surface area (Å²) in [6, 6.07) is 7.50. The van der Waals surface area contributed by atoms with Gasteiger partial charge in [0.1, 0.15) is 0 Å². The summed E-state index contributed by atoms with van der Waals surface area (Å²) < 4.78 is 0. The fourth-order valence-corrected chi connectivity index (χ4v) is 2.49. The van der Waals surface area contributed by atoms with Crippen molar-refractivity contribution in [3.05, 3.63) is 34.9 Å². The number of carbonyl (C=O) groups excluding carboxylic acids is 1. The van der Waals surface area contributed by atoms with E-state index in [2.05, 4.69) is 21.7 Å². The first kappa shape index (κ1) is 13.6. The second-order valence-electron chi connectivity index (χ2n) is 3.82. The van der Waals surface area contributed by atoms with Gasteiger partial charge in [0.05, 0.1) is 11.1 Å². The van der Waals surface area contributed by atoms with E-state index in [0.29, 0.717) is 17.3 Å². The van der Waals surface area contributed by atoms with Gasteiger partial charge in [-0.25, -0.2) is 10.9 Å². The molecule has 0 spiro atoms. The number of carbonyl (C=O) groups is 1. The van der Waals surface area contributed by atoms with E-state index >= 15 is 0 Å². The van der Waals surface area contributed by atoms with Gasteiger partial charge in [0.15, 0.2) is 0 Å². The van der Waals surface area contributed by atoms with E-state index in [0.717, 1.165) is 12.1 Å². The van der Waals surface area contributed by atoms with Crippen molar-refractivity contribution in [2.24, 2.45) is 0 Å². The number of amides is 1. The van der Waals surface area contributed by atoms with Gasteiger partial charge < -0.3 is 5.32 Å². The molecule has 5 nitrogen and oxygen atoms in total. The van der Waals surface area contributed by atoms with Gasteiger partial charge >= 0.3 is 0 Å². The number of benzene rings is 1. The first-order valence-electron chi connectivity index (χ1n) is 5.61. The minimum atomic E-state index is 0.00798. The Labute approximate surface area is 115 Å². The molecule has 0 radical (unpaired) electrons. The van der Waals surface area contributed by atoms with Crippen LogP contribution in [-0.2, 0) is 11.3 Å². The third-order valence-electron chi connectivity index (χ3n) is 2.46. The van der Waals surface area contributed by atoms with E-state index in [4.69, 9.17) is 11.6 Å². The molecule has 2 rings (SSSR count). The van der Waals surface area contributed by atoms with Crippen molar-refractivity contribution >= 4 is 29.3 Å². The molecule has 1 amide bonds. The molecular weight excluding hydrogens is 272 g/mol. The predicted octanol–water partition coefficient (Wildman–Crippen LogP) is 0.628. The minimum absolute atomic E-state index is 0.00798. The molecule has 1 atom stereocenters. The van der Waals surface area contributed by atoms with E-state index in [1.165, 1.54) is 0 Å². The van der Waals surface area contributed by atoms with E-state index < -0.39 is 0 Å². The van der Waals surface area contributed by atoms with Crippen molar-refractivity contribution < 1.29 is 4.79 Å². The van der Waals surface area contributed by atoms with Gasteiger partial charge in [-0.2, -0.15) is 5.53 Å². The summed E-state index contributed by atoms with van der Waals surface area (Å²) in [5, 5.41) is 3.75. The van der Waals surface area contributed by atoms with Gasteiger partial charge in [-0.15, -0.1) is 11.8 Å². The molecule has 1 aromatic carbocycles. The van der Waals surface area contributed by atoms with E-state index in [-0.39, 0.29) is 11.3 Å². The average molecular weight is 287 g/mol. The lowest BCUT2D eigenvalue weighted by Crippen LogP contribution is -2.33. The normalized spacial score (nSPS) is 18.8. The second-order valence-corrected chi connectivity index (χ2v) is 5.42. The van der Waals surface area contributed by atoms with Crippen LogP contribution in [0.15, 0.2) is 24.3 Å². The Morgan fingerprint density at radius 3 is 3.06 bits per heavy atom.